The van der Waals surface area contributed by atoms with Crippen molar-refractivity contribution in [3.63, 3.8) is 0 Å². The van der Waals surface area contributed by atoms with E-state index in [0.717, 1.165) is 75.4 Å². The van der Waals surface area contributed by atoms with E-state index < -0.39 is 29.3 Å². The predicted molar refractivity (Wildman–Crippen MR) is 173 cm³/mol. The van der Waals surface area contributed by atoms with Gasteiger partial charge in [0, 0.05) is 60.6 Å². The van der Waals surface area contributed by atoms with Gasteiger partial charge in [0.25, 0.3) is 5.91 Å². The zero-order valence-corrected chi connectivity index (χ0v) is 27.6. The Hall–Kier alpha value is -4.41. The maximum atomic E-state index is 15.6. The maximum Gasteiger partial charge on any atom is 0.410 e. The van der Waals surface area contributed by atoms with Crippen LogP contribution in [0.5, 0.6) is 0 Å². The highest BCUT2D eigenvalue weighted by Crippen LogP contribution is 2.42. The Kier molecular flexibility index (Phi) is 7.75. The second-order valence-electron chi connectivity index (χ2n) is 14.3. The first-order valence-corrected chi connectivity index (χ1v) is 16.6. The normalized spacial score (nSPS) is 19.0. The summed E-state index contributed by atoms with van der Waals surface area (Å²) in [6, 6.07) is 10.2. The first-order valence-electron chi connectivity index (χ1n) is 16.6. The summed E-state index contributed by atoms with van der Waals surface area (Å²) in [4.78, 5) is 49.5. The van der Waals surface area contributed by atoms with Crippen molar-refractivity contribution < 1.29 is 28.2 Å². The van der Waals surface area contributed by atoms with Gasteiger partial charge in [-0.15, -0.1) is 0 Å². The van der Waals surface area contributed by atoms with Gasteiger partial charge in [0.15, 0.2) is 6.04 Å². The van der Waals surface area contributed by atoms with Gasteiger partial charge in [0.1, 0.15) is 11.4 Å². The molecule has 1 aromatic heterocycles. The number of carbonyl (C=O) groups is 3. The third-order valence-electron chi connectivity index (χ3n) is 9.98. The largest absolute Gasteiger partial charge is 0.464 e. The van der Waals surface area contributed by atoms with Crippen LogP contribution in [0.3, 0.4) is 0 Å². The summed E-state index contributed by atoms with van der Waals surface area (Å²) in [5.74, 6) is -1.43. The first kappa shape index (κ1) is 31.2. The number of aryl methyl sites for hydroxylation is 1. The molecule has 2 amide bonds. The number of imidazole rings is 1. The minimum absolute atomic E-state index is 0.0268. The third kappa shape index (κ3) is 5.74. The van der Waals surface area contributed by atoms with Crippen LogP contribution in [0.2, 0.25) is 0 Å². The number of hydrogen-bond acceptors (Lipinski definition) is 7. The van der Waals surface area contributed by atoms with Crippen LogP contribution in [0.4, 0.5) is 14.9 Å². The lowest BCUT2D eigenvalue weighted by Crippen LogP contribution is -2.62. The maximum absolute atomic E-state index is 15.6. The van der Waals surface area contributed by atoms with Gasteiger partial charge in [-0.1, -0.05) is 12.1 Å². The first-order chi connectivity index (χ1) is 22.4. The molecule has 2 aromatic carbocycles. The molecule has 0 saturated carbocycles. The second-order valence-corrected chi connectivity index (χ2v) is 14.3. The van der Waals surface area contributed by atoms with E-state index in [-0.39, 0.29) is 35.8 Å². The fourth-order valence-corrected chi connectivity index (χ4v) is 7.54. The van der Waals surface area contributed by atoms with E-state index in [1.54, 1.807) is 24.2 Å². The van der Waals surface area contributed by atoms with Crippen LogP contribution in [0, 0.1) is 11.2 Å². The Morgan fingerprint density at radius 3 is 2.45 bits per heavy atom. The van der Waals surface area contributed by atoms with Crippen molar-refractivity contribution in [1.29, 1.82) is 0 Å². The van der Waals surface area contributed by atoms with Crippen molar-refractivity contribution in [3.8, 4) is 11.1 Å². The van der Waals surface area contributed by atoms with Gasteiger partial charge < -0.3 is 28.7 Å². The number of benzene rings is 2. The SMILES string of the molecule is CCOC(=O)C(c1ncn2c1CCC2)N1Cc2c(F)cc(-c3ccc(N4CCC5(CC4)CN(C(=O)OC(C)(C)C)C5)cc3)cc2C1=O. The van der Waals surface area contributed by atoms with E-state index in [1.165, 1.54) is 11.0 Å². The Morgan fingerprint density at radius 1 is 1.04 bits per heavy atom. The summed E-state index contributed by atoms with van der Waals surface area (Å²) in [5, 5.41) is 0. The number of aromatic nitrogens is 2. The molecule has 47 heavy (non-hydrogen) atoms. The van der Waals surface area contributed by atoms with Gasteiger partial charge >= 0.3 is 12.1 Å². The molecule has 1 spiro atoms. The zero-order valence-electron chi connectivity index (χ0n) is 27.6. The standard InChI is InChI=1S/C36H42FN5O5/c1-5-46-33(44)31(30-29-7-6-14-40(29)22-38-30)42-19-27-26(32(42)43)17-24(18-28(27)37)23-8-10-25(11-9-23)39-15-12-36(13-16-39)20-41(21-36)34(45)47-35(2,3)4/h8-11,17-18,22,31H,5-7,12-16,19-21H2,1-4H3. The van der Waals surface area contributed by atoms with E-state index in [0.29, 0.717) is 11.3 Å². The number of anilines is 1. The molecule has 248 valence electrons. The summed E-state index contributed by atoms with van der Waals surface area (Å²) < 4.78 is 28.6. The predicted octanol–water partition coefficient (Wildman–Crippen LogP) is 5.73. The summed E-state index contributed by atoms with van der Waals surface area (Å²) in [6.45, 7) is 11.6. The molecule has 0 aliphatic carbocycles. The smallest absolute Gasteiger partial charge is 0.410 e. The minimum Gasteiger partial charge on any atom is -0.464 e. The number of rotatable bonds is 6. The molecule has 2 fully saturated rings. The van der Waals surface area contributed by atoms with Crippen LogP contribution in [0.25, 0.3) is 11.1 Å². The fraction of sp³-hybridized carbons (Fsp3) is 0.500. The third-order valence-corrected chi connectivity index (χ3v) is 9.98. The quantitative estimate of drug-likeness (QED) is 0.317. The van der Waals surface area contributed by atoms with E-state index in [2.05, 4.69) is 9.88 Å². The molecule has 4 aliphatic heterocycles. The number of fused-ring (bicyclic) bond motifs is 2. The number of likely N-dealkylation sites (tertiary alicyclic amines) is 1. The van der Waals surface area contributed by atoms with Crippen molar-refractivity contribution in [2.24, 2.45) is 5.41 Å². The molecular weight excluding hydrogens is 601 g/mol. The van der Waals surface area contributed by atoms with E-state index in [4.69, 9.17) is 9.47 Å². The number of nitrogens with zero attached hydrogens (tertiary/aromatic N) is 5. The Bertz CT molecular complexity index is 1710. The average molecular weight is 644 g/mol. The van der Waals surface area contributed by atoms with E-state index in [1.807, 2.05) is 49.6 Å². The number of amides is 2. The van der Waals surface area contributed by atoms with E-state index in [9.17, 15) is 14.4 Å². The van der Waals surface area contributed by atoms with Gasteiger partial charge in [0.2, 0.25) is 0 Å². The molecular formula is C36H42FN5O5. The van der Waals surface area contributed by atoms with Crippen LogP contribution in [0.15, 0.2) is 42.7 Å². The van der Waals surface area contributed by atoms with Crippen molar-refractivity contribution >= 4 is 23.7 Å². The molecule has 0 radical (unpaired) electrons. The summed E-state index contributed by atoms with van der Waals surface area (Å²) >= 11 is 0. The van der Waals surface area contributed by atoms with Gasteiger partial charge in [0.05, 0.1) is 25.2 Å². The Morgan fingerprint density at radius 2 is 1.77 bits per heavy atom. The molecule has 1 unspecified atom stereocenters. The number of ether oxygens (including phenoxy) is 2. The number of hydrogen-bond donors (Lipinski definition) is 0. The fourth-order valence-electron chi connectivity index (χ4n) is 7.54. The Balaban J connectivity index is 1.04. The molecule has 5 heterocycles. The minimum atomic E-state index is -1.03. The van der Waals surface area contributed by atoms with Crippen molar-refractivity contribution in [2.75, 3.05) is 37.7 Å². The molecule has 0 bridgehead atoms. The van der Waals surface area contributed by atoms with Crippen LogP contribution in [-0.2, 0) is 33.8 Å². The Labute approximate surface area is 274 Å². The molecule has 7 rings (SSSR count). The number of halogens is 1. The summed E-state index contributed by atoms with van der Waals surface area (Å²) in [5.41, 5.74) is 4.13. The van der Waals surface area contributed by atoms with Gasteiger partial charge in [-0.05, 0) is 88.8 Å². The monoisotopic (exact) mass is 643 g/mol. The molecule has 0 N–H and O–H groups in total. The van der Waals surface area contributed by atoms with Crippen LogP contribution in [0.1, 0.15) is 80.3 Å². The van der Waals surface area contributed by atoms with Crippen LogP contribution >= 0.6 is 0 Å². The molecule has 4 aliphatic rings. The molecule has 2 saturated heterocycles. The lowest BCUT2D eigenvalue weighted by atomic mass is 9.72. The highest BCUT2D eigenvalue weighted by Gasteiger charge is 2.48. The number of piperidine rings is 1. The molecule has 11 heteroatoms. The van der Waals surface area contributed by atoms with Gasteiger partial charge in [-0.2, -0.15) is 0 Å². The van der Waals surface area contributed by atoms with Gasteiger partial charge in [-0.25, -0.2) is 19.0 Å². The molecule has 10 nitrogen and oxygen atoms in total. The summed E-state index contributed by atoms with van der Waals surface area (Å²) in [7, 11) is 0. The molecule has 1 atom stereocenters. The van der Waals surface area contributed by atoms with Crippen LogP contribution < -0.4 is 4.90 Å². The number of esters is 1. The topological polar surface area (TPSA) is 97.2 Å². The van der Waals surface area contributed by atoms with Crippen molar-refractivity contribution in [3.05, 3.63) is 71.1 Å². The van der Waals surface area contributed by atoms with Gasteiger partial charge in [-0.3, -0.25) is 4.79 Å². The van der Waals surface area contributed by atoms with Crippen molar-refractivity contribution in [2.45, 2.75) is 78.1 Å². The highest BCUT2D eigenvalue weighted by atomic mass is 19.1. The highest BCUT2D eigenvalue weighted by molar-refractivity contribution is 6.02. The lowest BCUT2D eigenvalue weighted by molar-refractivity contribution is -0.149. The zero-order chi connectivity index (χ0) is 33.1. The van der Waals surface area contributed by atoms with E-state index >= 15 is 4.39 Å². The second kappa shape index (κ2) is 11.7. The molecule has 3 aromatic rings. The van der Waals surface area contributed by atoms with Crippen molar-refractivity contribution in [1.82, 2.24) is 19.4 Å². The average Bonchev–Trinajstić information content (AvgIpc) is 3.72. The summed E-state index contributed by atoms with van der Waals surface area (Å²) in [6.07, 6.45) is 5.17. The lowest BCUT2D eigenvalue weighted by Gasteiger charge is -2.54. The van der Waals surface area contributed by atoms with Crippen LogP contribution in [-0.4, -0.2) is 75.7 Å². The number of carbonyl (C=O) groups excluding carboxylic acids is 3.